The molecule has 3 rings (SSSR count). The second kappa shape index (κ2) is 2.82. The predicted molar refractivity (Wildman–Crippen MR) is 55.7 cm³/mol. The molecule has 1 aromatic carbocycles. The van der Waals surface area contributed by atoms with Crippen LogP contribution in [0.1, 0.15) is 18.7 Å². The normalized spacial score (nSPS) is 11.6. The molecule has 0 atom stereocenters. The summed E-state index contributed by atoms with van der Waals surface area (Å²) in [5.41, 5.74) is 3.18. The lowest BCUT2D eigenvalue weighted by atomic mass is 10.3. The van der Waals surface area contributed by atoms with Crippen LogP contribution in [0.5, 0.6) is 0 Å². The van der Waals surface area contributed by atoms with E-state index in [-0.39, 0.29) is 0 Å². The summed E-state index contributed by atoms with van der Waals surface area (Å²) in [5.74, 6) is 1.41. The van der Waals surface area contributed by atoms with Gasteiger partial charge in [0, 0.05) is 25.5 Å². The van der Waals surface area contributed by atoms with Gasteiger partial charge in [-0.2, -0.15) is 0 Å². The second-order valence-corrected chi connectivity index (χ2v) is 3.48. The van der Waals surface area contributed by atoms with Crippen molar-refractivity contribution >= 4 is 22.2 Å². The third-order valence-electron chi connectivity index (χ3n) is 2.35. The van der Waals surface area contributed by atoms with E-state index >= 15 is 0 Å². The highest BCUT2D eigenvalue weighted by Crippen LogP contribution is 2.23. The fraction of sp³-hybridized carbons (Fsp3) is 0.273. The van der Waals surface area contributed by atoms with E-state index in [1.807, 2.05) is 26.0 Å². The van der Waals surface area contributed by atoms with E-state index in [2.05, 4.69) is 9.97 Å². The van der Waals surface area contributed by atoms with E-state index in [0.29, 0.717) is 5.89 Å². The van der Waals surface area contributed by atoms with Crippen LogP contribution in [0.25, 0.3) is 22.2 Å². The molecule has 0 radical (unpaired) electrons. The number of fused-ring (bicyclic) bond motifs is 2. The Morgan fingerprint density at radius 3 is 2.47 bits per heavy atom. The highest BCUT2D eigenvalue weighted by Gasteiger charge is 2.09. The van der Waals surface area contributed by atoms with Crippen LogP contribution >= 0.6 is 0 Å². The van der Waals surface area contributed by atoms with E-state index in [0.717, 1.165) is 34.5 Å². The molecule has 0 aliphatic carbocycles. The molecule has 0 saturated heterocycles. The molecule has 4 nitrogen and oxygen atoms in total. The molecule has 76 valence electrons. The lowest BCUT2D eigenvalue weighted by molar-refractivity contribution is 0.538. The number of hydrogen-bond donors (Lipinski definition) is 0. The van der Waals surface area contributed by atoms with Crippen molar-refractivity contribution in [2.75, 3.05) is 0 Å². The second-order valence-electron chi connectivity index (χ2n) is 3.48. The number of rotatable bonds is 1. The molecule has 0 aliphatic rings. The average molecular weight is 202 g/mol. The predicted octanol–water partition coefficient (Wildman–Crippen LogP) is 2.84. The molecule has 0 aliphatic heterocycles. The van der Waals surface area contributed by atoms with Crippen molar-refractivity contribution in [3.8, 4) is 0 Å². The van der Waals surface area contributed by atoms with Gasteiger partial charge in [0.25, 0.3) is 0 Å². The Balaban J connectivity index is 2.37. The Bertz CT molecular complexity index is 585. The van der Waals surface area contributed by atoms with Crippen molar-refractivity contribution in [1.29, 1.82) is 0 Å². The molecule has 0 fully saturated rings. The molecule has 2 aromatic heterocycles. The summed E-state index contributed by atoms with van der Waals surface area (Å²) >= 11 is 0. The van der Waals surface area contributed by atoms with Crippen LogP contribution in [0, 0.1) is 6.92 Å². The topological polar surface area (TPSA) is 52.1 Å². The number of hydrogen-bond acceptors (Lipinski definition) is 4. The first-order chi connectivity index (χ1) is 7.26. The average Bonchev–Trinajstić information content (AvgIpc) is 2.74. The van der Waals surface area contributed by atoms with Gasteiger partial charge in [-0.1, -0.05) is 6.92 Å². The van der Waals surface area contributed by atoms with Gasteiger partial charge < -0.3 is 8.83 Å². The van der Waals surface area contributed by atoms with Crippen molar-refractivity contribution in [3.05, 3.63) is 23.9 Å². The van der Waals surface area contributed by atoms with Crippen LogP contribution in [-0.4, -0.2) is 9.97 Å². The van der Waals surface area contributed by atoms with E-state index in [1.54, 1.807) is 0 Å². The Kier molecular flexibility index (Phi) is 1.59. The molecule has 0 amide bonds. The minimum Gasteiger partial charge on any atom is -0.441 e. The lowest BCUT2D eigenvalue weighted by Gasteiger charge is -1.85. The fourth-order valence-electron chi connectivity index (χ4n) is 1.66. The van der Waals surface area contributed by atoms with Gasteiger partial charge in [-0.05, 0) is 0 Å². The van der Waals surface area contributed by atoms with Crippen LogP contribution < -0.4 is 0 Å². The summed E-state index contributed by atoms with van der Waals surface area (Å²) in [4.78, 5) is 8.58. The summed E-state index contributed by atoms with van der Waals surface area (Å²) in [7, 11) is 0. The maximum absolute atomic E-state index is 5.54. The highest BCUT2D eigenvalue weighted by molar-refractivity contribution is 5.89. The standard InChI is InChI=1S/C11H10N2O2/c1-3-11-13-8-5-9-7(4-10(8)15-11)12-6(2)14-9/h4-5H,3H2,1-2H3. The van der Waals surface area contributed by atoms with E-state index in [4.69, 9.17) is 8.83 Å². The number of benzene rings is 1. The SMILES string of the molecule is CCc1nc2cc3oc(C)nc3cc2o1. The zero-order valence-electron chi connectivity index (χ0n) is 8.57. The zero-order chi connectivity index (χ0) is 10.4. The Morgan fingerprint density at radius 2 is 1.73 bits per heavy atom. The number of aromatic nitrogens is 2. The molecule has 0 spiro atoms. The molecule has 15 heavy (non-hydrogen) atoms. The largest absolute Gasteiger partial charge is 0.441 e. The van der Waals surface area contributed by atoms with Crippen molar-refractivity contribution in [2.24, 2.45) is 0 Å². The first-order valence-corrected chi connectivity index (χ1v) is 4.93. The van der Waals surface area contributed by atoms with Crippen molar-refractivity contribution in [1.82, 2.24) is 9.97 Å². The minimum atomic E-state index is 0.661. The third-order valence-corrected chi connectivity index (χ3v) is 2.35. The van der Waals surface area contributed by atoms with Gasteiger partial charge >= 0.3 is 0 Å². The van der Waals surface area contributed by atoms with Gasteiger partial charge in [-0.25, -0.2) is 9.97 Å². The zero-order valence-corrected chi connectivity index (χ0v) is 8.57. The minimum absolute atomic E-state index is 0.661. The van der Waals surface area contributed by atoms with Crippen LogP contribution in [0.3, 0.4) is 0 Å². The monoisotopic (exact) mass is 202 g/mol. The summed E-state index contributed by atoms with van der Waals surface area (Å²) in [6.07, 6.45) is 0.794. The first kappa shape index (κ1) is 8.47. The van der Waals surface area contributed by atoms with E-state index in [1.165, 1.54) is 0 Å². The molecule has 2 heterocycles. The van der Waals surface area contributed by atoms with Crippen LogP contribution in [0.15, 0.2) is 21.0 Å². The Labute approximate surface area is 85.9 Å². The van der Waals surface area contributed by atoms with Gasteiger partial charge in [0.2, 0.25) is 0 Å². The van der Waals surface area contributed by atoms with Gasteiger partial charge in [0.15, 0.2) is 22.9 Å². The molecule has 0 saturated carbocycles. The fourth-order valence-corrected chi connectivity index (χ4v) is 1.66. The lowest BCUT2D eigenvalue weighted by Crippen LogP contribution is -1.75. The third kappa shape index (κ3) is 1.21. The summed E-state index contributed by atoms with van der Waals surface area (Å²) < 4.78 is 11.0. The van der Waals surface area contributed by atoms with Crippen LogP contribution in [-0.2, 0) is 6.42 Å². The van der Waals surface area contributed by atoms with Crippen molar-refractivity contribution in [2.45, 2.75) is 20.3 Å². The van der Waals surface area contributed by atoms with Gasteiger partial charge in [0.1, 0.15) is 11.0 Å². The molecular weight excluding hydrogens is 192 g/mol. The number of nitrogens with zero attached hydrogens (tertiary/aromatic N) is 2. The Morgan fingerprint density at radius 1 is 1.07 bits per heavy atom. The number of oxazole rings is 2. The maximum atomic E-state index is 5.54. The van der Waals surface area contributed by atoms with E-state index < -0.39 is 0 Å². The highest BCUT2D eigenvalue weighted by atomic mass is 16.4. The smallest absolute Gasteiger partial charge is 0.195 e. The molecule has 4 heteroatoms. The van der Waals surface area contributed by atoms with Crippen molar-refractivity contribution in [3.63, 3.8) is 0 Å². The number of aryl methyl sites for hydroxylation is 2. The molecule has 3 aromatic rings. The molecular formula is C11H10N2O2. The van der Waals surface area contributed by atoms with Crippen LogP contribution in [0.4, 0.5) is 0 Å². The van der Waals surface area contributed by atoms with Gasteiger partial charge in [-0.15, -0.1) is 0 Å². The molecule has 0 N–H and O–H groups in total. The summed E-state index contributed by atoms with van der Waals surface area (Å²) in [6.45, 7) is 3.84. The summed E-state index contributed by atoms with van der Waals surface area (Å²) in [6, 6.07) is 3.74. The first-order valence-electron chi connectivity index (χ1n) is 4.93. The summed E-state index contributed by atoms with van der Waals surface area (Å²) in [5, 5.41) is 0. The van der Waals surface area contributed by atoms with Crippen molar-refractivity contribution < 1.29 is 8.83 Å². The van der Waals surface area contributed by atoms with Gasteiger partial charge in [-0.3, -0.25) is 0 Å². The molecule has 0 bridgehead atoms. The Hall–Kier alpha value is -1.84. The van der Waals surface area contributed by atoms with E-state index in [9.17, 15) is 0 Å². The molecule has 0 unspecified atom stereocenters. The van der Waals surface area contributed by atoms with Gasteiger partial charge in [0.05, 0.1) is 0 Å². The maximum Gasteiger partial charge on any atom is 0.195 e. The van der Waals surface area contributed by atoms with Crippen LogP contribution in [0.2, 0.25) is 0 Å². The quantitative estimate of drug-likeness (QED) is 0.608.